The van der Waals surface area contributed by atoms with Gasteiger partial charge in [0.1, 0.15) is 5.75 Å². The van der Waals surface area contributed by atoms with Gasteiger partial charge in [0.15, 0.2) is 18.1 Å². The lowest BCUT2D eigenvalue weighted by Gasteiger charge is -2.08. The second-order valence-corrected chi connectivity index (χ2v) is 8.40. The number of amides is 2. The van der Waals surface area contributed by atoms with Crippen molar-refractivity contribution < 1.29 is 14.3 Å². The van der Waals surface area contributed by atoms with Crippen LogP contribution in [0.15, 0.2) is 71.5 Å². The Bertz CT molecular complexity index is 1320. The summed E-state index contributed by atoms with van der Waals surface area (Å²) in [6.07, 6.45) is 3.23. The summed E-state index contributed by atoms with van der Waals surface area (Å²) in [6, 6.07) is 15.7. The number of ether oxygens (including phenoxy) is 1. The molecule has 0 saturated carbocycles. The molecule has 0 atom stereocenters. The molecule has 9 nitrogen and oxygen atoms in total. The van der Waals surface area contributed by atoms with Crippen molar-refractivity contribution in [3.05, 3.63) is 87.9 Å². The zero-order valence-corrected chi connectivity index (χ0v) is 20.4. The lowest BCUT2D eigenvalue weighted by molar-refractivity contribution is 0.102. The number of halogens is 2. The first kappa shape index (κ1) is 23.5. The van der Waals surface area contributed by atoms with Crippen LogP contribution in [0, 0.1) is 0 Å². The Kier molecular flexibility index (Phi) is 7.29. The lowest BCUT2D eigenvalue weighted by atomic mass is 10.3. The molecular formula is C23H20BrClN6O3. The highest BCUT2D eigenvalue weighted by Gasteiger charge is 2.20. The number of para-hydroxylation sites is 1. The lowest BCUT2D eigenvalue weighted by Crippen LogP contribution is -2.18. The molecule has 174 valence electrons. The third kappa shape index (κ3) is 5.64. The second kappa shape index (κ2) is 10.5. The minimum Gasteiger partial charge on any atom is -0.470 e. The van der Waals surface area contributed by atoms with Crippen LogP contribution in [-0.2, 0) is 13.3 Å². The van der Waals surface area contributed by atoms with Gasteiger partial charge in [-0.25, -0.2) is 4.68 Å². The molecule has 11 heteroatoms. The normalized spacial score (nSPS) is 10.7. The monoisotopic (exact) mass is 542 g/mol. The predicted molar refractivity (Wildman–Crippen MR) is 132 cm³/mol. The van der Waals surface area contributed by atoms with Crippen LogP contribution in [0.25, 0.3) is 0 Å². The minimum absolute atomic E-state index is 0.0893. The van der Waals surface area contributed by atoms with E-state index >= 15 is 0 Å². The molecule has 0 spiro atoms. The van der Waals surface area contributed by atoms with E-state index in [0.29, 0.717) is 27.5 Å². The highest BCUT2D eigenvalue weighted by molar-refractivity contribution is 9.10. The fraction of sp³-hybridized carbons (Fsp3) is 0.130. The number of aryl methyl sites for hydroxylation is 1. The smallest absolute Gasteiger partial charge is 0.278 e. The van der Waals surface area contributed by atoms with Gasteiger partial charge in [-0.05, 0) is 59.3 Å². The van der Waals surface area contributed by atoms with E-state index in [1.54, 1.807) is 53.5 Å². The molecule has 0 fully saturated rings. The highest BCUT2D eigenvalue weighted by Crippen LogP contribution is 2.28. The van der Waals surface area contributed by atoms with Gasteiger partial charge in [-0.1, -0.05) is 29.8 Å². The Morgan fingerprint density at radius 1 is 1.03 bits per heavy atom. The molecule has 0 saturated heterocycles. The van der Waals surface area contributed by atoms with Gasteiger partial charge in [0.25, 0.3) is 11.8 Å². The molecule has 0 unspecified atom stereocenters. The van der Waals surface area contributed by atoms with Crippen molar-refractivity contribution >= 4 is 50.7 Å². The number of benzene rings is 2. The van der Waals surface area contributed by atoms with Crippen molar-refractivity contribution in [2.24, 2.45) is 0 Å². The van der Waals surface area contributed by atoms with Gasteiger partial charge in [-0.15, -0.1) is 0 Å². The quantitative estimate of drug-likeness (QED) is 0.323. The van der Waals surface area contributed by atoms with Gasteiger partial charge in [0, 0.05) is 29.6 Å². The maximum atomic E-state index is 12.8. The highest BCUT2D eigenvalue weighted by atomic mass is 79.9. The van der Waals surface area contributed by atoms with E-state index in [1.165, 1.54) is 4.68 Å². The number of hydrogen-bond acceptors (Lipinski definition) is 5. The van der Waals surface area contributed by atoms with Crippen molar-refractivity contribution in [1.29, 1.82) is 0 Å². The van der Waals surface area contributed by atoms with Crippen LogP contribution in [0.5, 0.6) is 5.75 Å². The van der Waals surface area contributed by atoms with Crippen LogP contribution in [0.4, 0.5) is 11.4 Å². The van der Waals surface area contributed by atoms with Gasteiger partial charge in [0.05, 0.1) is 10.2 Å². The number of hydrogen-bond donors (Lipinski definition) is 2. The zero-order chi connectivity index (χ0) is 24.1. The molecule has 2 heterocycles. The summed E-state index contributed by atoms with van der Waals surface area (Å²) in [7, 11) is 0. The number of aromatic nitrogens is 4. The van der Waals surface area contributed by atoms with Crippen molar-refractivity contribution in [3.8, 4) is 5.75 Å². The van der Waals surface area contributed by atoms with E-state index < -0.39 is 11.8 Å². The summed E-state index contributed by atoms with van der Waals surface area (Å²) in [5, 5.41) is 14.6. The summed E-state index contributed by atoms with van der Waals surface area (Å²) in [5.41, 5.74) is 1.19. The van der Waals surface area contributed by atoms with Gasteiger partial charge in [-0.3, -0.25) is 14.3 Å². The summed E-state index contributed by atoms with van der Waals surface area (Å²) in [6.45, 7) is 2.51. The SMILES string of the molecule is CCn1cc(NC(=O)c2ccn(COc3ccc(Cl)cc3Br)n2)c(C(=O)Nc2ccccc2)n1. The van der Waals surface area contributed by atoms with E-state index in [2.05, 4.69) is 36.8 Å². The second-order valence-electron chi connectivity index (χ2n) is 7.11. The number of carbonyl (C=O) groups is 2. The third-order valence-electron chi connectivity index (χ3n) is 4.70. The van der Waals surface area contributed by atoms with Crippen molar-refractivity contribution in [1.82, 2.24) is 19.6 Å². The van der Waals surface area contributed by atoms with Gasteiger partial charge >= 0.3 is 0 Å². The van der Waals surface area contributed by atoms with Crippen LogP contribution < -0.4 is 15.4 Å². The number of rotatable bonds is 8. The van der Waals surface area contributed by atoms with Crippen LogP contribution >= 0.6 is 27.5 Å². The molecule has 4 rings (SSSR count). The first-order valence-corrected chi connectivity index (χ1v) is 11.5. The summed E-state index contributed by atoms with van der Waals surface area (Å²) in [5.74, 6) is -0.316. The van der Waals surface area contributed by atoms with E-state index in [-0.39, 0.29) is 23.8 Å². The van der Waals surface area contributed by atoms with Crippen LogP contribution in [0.1, 0.15) is 27.9 Å². The standard InChI is InChI=1S/C23H20BrClN6O3/c1-2-30-13-19(21(29-30)23(33)26-16-6-4-3-5-7-16)27-22(32)18-10-11-31(28-18)14-34-20-9-8-15(25)12-17(20)24/h3-13H,2,14H2,1H3,(H,26,33)(H,27,32). The molecule has 0 aliphatic carbocycles. The van der Waals surface area contributed by atoms with Crippen molar-refractivity contribution in [2.45, 2.75) is 20.2 Å². The molecule has 0 aliphatic rings. The molecule has 34 heavy (non-hydrogen) atoms. The first-order chi connectivity index (χ1) is 16.4. The topological polar surface area (TPSA) is 103 Å². The molecule has 0 bridgehead atoms. The van der Waals surface area contributed by atoms with Crippen LogP contribution in [0.3, 0.4) is 0 Å². The maximum absolute atomic E-state index is 12.8. The summed E-state index contributed by atoms with van der Waals surface area (Å²) in [4.78, 5) is 25.6. The Labute approximate surface area is 208 Å². The largest absolute Gasteiger partial charge is 0.470 e. The van der Waals surface area contributed by atoms with Gasteiger partial charge < -0.3 is 15.4 Å². The zero-order valence-electron chi connectivity index (χ0n) is 18.0. The minimum atomic E-state index is -0.476. The summed E-state index contributed by atoms with van der Waals surface area (Å²) >= 11 is 9.33. The van der Waals surface area contributed by atoms with Gasteiger partial charge in [-0.2, -0.15) is 10.2 Å². The molecular weight excluding hydrogens is 524 g/mol. The number of nitrogens with one attached hydrogen (secondary N) is 2. The Morgan fingerprint density at radius 2 is 1.82 bits per heavy atom. The van der Waals surface area contributed by atoms with E-state index in [9.17, 15) is 9.59 Å². The molecule has 2 amide bonds. The molecule has 2 aromatic heterocycles. The molecule has 2 aromatic carbocycles. The molecule has 2 N–H and O–H groups in total. The maximum Gasteiger partial charge on any atom is 0.278 e. The molecule has 0 radical (unpaired) electrons. The fourth-order valence-electron chi connectivity index (χ4n) is 3.02. The van der Waals surface area contributed by atoms with E-state index in [4.69, 9.17) is 16.3 Å². The van der Waals surface area contributed by atoms with Crippen LogP contribution in [-0.4, -0.2) is 31.4 Å². The van der Waals surface area contributed by atoms with E-state index in [1.807, 2.05) is 25.1 Å². The van der Waals surface area contributed by atoms with Crippen molar-refractivity contribution in [2.75, 3.05) is 10.6 Å². The first-order valence-electron chi connectivity index (χ1n) is 10.3. The average molecular weight is 544 g/mol. The van der Waals surface area contributed by atoms with E-state index in [0.717, 1.165) is 0 Å². The predicted octanol–water partition coefficient (Wildman–Crippen LogP) is 5.06. The number of carbonyl (C=O) groups excluding carboxylic acids is 2. The fourth-order valence-corrected chi connectivity index (χ4v) is 3.82. The van der Waals surface area contributed by atoms with Gasteiger partial charge in [0.2, 0.25) is 0 Å². The average Bonchev–Trinajstić information content (AvgIpc) is 3.46. The Balaban J connectivity index is 1.44. The molecule has 4 aromatic rings. The van der Waals surface area contributed by atoms with Crippen LogP contribution in [0.2, 0.25) is 5.02 Å². The number of anilines is 2. The summed E-state index contributed by atoms with van der Waals surface area (Å²) < 4.78 is 9.47. The third-order valence-corrected chi connectivity index (χ3v) is 5.55. The Hall–Kier alpha value is -3.63. The number of nitrogens with zero attached hydrogens (tertiary/aromatic N) is 4. The van der Waals surface area contributed by atoms with Crippen molar-refractivity contribution in [3.63, 3.8) is 0 Å². The Morgan fingerprint density at radius 3 is 2.56 bits per heavy atom. The molecule has 0 aliphatic heterocycles.